The number of H-pyrrole nitrogens is 1. The Morgan fingerprint density at radius 3 is 2.84 bits per heavy atom. The molecule has 3 N–H and O–H groups in total. The van der Waals surface area contributed by atoms with E-state index >= 15 is 0 Å². The molecule has 1 aliphatic rings. The van der Waals surface area contributed by atoms with Gasteiger partial charge >= 0.3 is 0 Å². The molecule has 1 aromatic heterocycles. The van der Waals surface area contributed by atoms with Crippen LogP contribution >= 0.6 is 0 Å². The first-order chi connectivity index (χ1) is 9.02. The molecule has 104 valence electrons. The summed E-state index contributed by atoms with van der Waals surface area (Å²) in [6.07, 6.45) is 2.78. The van der Waals surface area contributed by atoms with Gasteiger partial charge in [0.05, 0.1) is 0 Å². The Bertz CT molecular complexity index is 536. The number of aromatic amines is 1. The van der Waals surface area contributed by atoms with E-state index in [-0.39, 0.29) is 35.6 Å². The highest BCUT2D eigenvalue weighted by atomic mass is 16.3. The van der Waals surface area contributed by atoms with E-state index in [1.54, 1.807) is 19.9 Å². The van der Waals surface area contributed by atoms with E-state index in [2.05, 4.69) is 10.3 Å². The zero-order valence-corrected chi connectivity index (χ0v) is 11.3. The first-order valence-electron chi connectivity index (χ1n) is 6.65. The number of carbonyl (C=O) groups is 1. The van der Waals surface area contributed by atoms with E-state index < -0.39 is 0 Å². The predicted molar refractivity (Wildman–Crippen MR) is 72.2 cm³/mol. The van der Waals surface area contributed by atoms with Crippen LogP contribution in [0.5, 0.6) is 0 Å². The topological polar surface area (TPSA) is 82.2 Å². The lowest BCUT2D eigenvalue weighted by molar-refractivity contribution is 0.0914. The van der Waals surface area contributed by atoms with Gasteiger partial charge in [-0.1, -0.05) is 6.42 Å². The average Bonchev–Trinajstić information content (AvgIpc) is 2.74. The van der Waals surface area contributed by atoms with Crippen molar-refractivity contribution in [1.82, 2.24) is 10.3 Å². The van der Waals surface area contributed by atoms with Gasteiger partial charge in [0.15, 0.2) is 0 Å². The first-order valence-corrected chi connectivity index (χ1v) is 6.65. The van der Waals surface area contributed by atoms with Gasteiger partial charge in [-0.2, -0.15) is 0 Å². The summed E-state index contributed by atoms with van der Waals surface area (Å²) < 4.78 is 0. The second-order valence-electron chi connectivity index (χ2n) is 5.29. The molecule has 1 saturated carbocycles. The number of hydrogen-bond acceptors (Lipinski definition) is 3. The second kappa shape index (κ2) is 5.57. The highest BCUT2D eigenvalue weighted by Crippen LogP contribution is 2.25. The van der Waals surface area contributed by atoms with Crippen molar-refractivity contribution in [3.05, 3.63) is 33.2 Å². The summed E-state index contributed by atoms with van der Waals surface area (Å²) >= 11 is 0. The summed E-state index contributed by atoms with van der Waals surface area (Å²) in [6, 6.07) is 1.76. The normalized spacial score (nSPS) is 22.5. The van der Waals surface area contributed by atoms with Gasteiger partial charge in [0.2, 0.25) is 0 Å². The number of aliphatic hydroxyl groups excluding tert-OH is 1. The molecule has 19 heavy (non-hydrogen) atoms. The van der Waals surface area contributed by atoms with Crippen LogP contribution in [0.15, 0.2) is 10.9 Å². The van der Waals surface area contributed by atoms with Crippen LogP contribution in [0.2, 0.25) is 0 Å². The van der Waals surface area contributed by atoms with Gasteiger partial charge in [0, 0.05) is 24.3 Å². The standard InChI is InChI=1S/C14H20N2O3/c1-8-6-9(2)15-13(18)12(8)14(19)16-11-5-3-4-10(11)7-17/h6,10-11,17H,3-5,7H2,1-2H3,(H,15,18)(H,16,19). The summed E-state index contributed by atoms with van der Waals surface area (Å²) in [5, 5.41) is 12.1. The maximum atomic E-state index is 12.2. The maximum absolute atomic E-state index is 12.2. The van der Waals surface area contributed by atoms with Crippen LogP contribution in [-0.2, 0) is 0 Å². The summed E-state index contributed by atoms with van der Waals surface area (Å²) in [7, 11) is 0. The lowest BCUT2D eigenvalue weighted by atomic mass is 10.0. The minimum absolute atomic E-state index is 0.0300. The number of nitrogens with one attached hydrogen (secondary N) is 2. The number of carbonyl (C=O) groups excluding carboxylic acids is 1. The Labute approximate surface area is 112 Å². The molecule has 0 saturated heterocycles. The molecule has 1 amide bonds. The van der Waals surface area contributed by atoms with Gasteiger partial charge in [-0.3, -0.25) is 9.59 Å². The molecule has 1 heterocycles. The second-order valence-corrected chi connectivity index (χ2v) is 5.29. The molecule has 2 unspecified atom stereocenters. The fraction of sp³-hybridized carbons (Fsp3) is 0.571. The number of aryl methyl sites for hydroxylation is 2. The molecule has 0 spiro atoms. The molecule has 2 atom stereocenters. The lowest BCUT2D eigenvalue weighted by Crippen LogP contribution is -2.41. The van der Waals surface area contributed by atoms with Crippen molar-refractivity contribution in [3.8, 4) is 0 Å². The third-order valence-electron chi connectivity index (χ3n) is 3.80. The highest BCUT2D eigenvalue weighted by molar-refractivity contribution is 5.95. The molecule has 1 aliphatic carbocycles. The van der Waals surface area contributed by atoms with Gasteiger partial charge in [-0.25, -0.2) is 0 Å². The quantitative estimate of drug-likeness (QED) is 0.758. The van der Waals surface area contributed by atoms with Crippen molar-refractivity contribution < 1.29 is 9.90 Å². The van der Waals surface area contributed by atoms with Gasteiger partial charge in [0.1, 0.15) is 5.56 Å². The van der Waals surface area contributed by atoms with Crippen molar-refractivity contribution in [2.24, 2.45) is 5.92 Å². The molecule has 5 heteroatoms. The third kappa shape index (κ3) is 2.87. The van der Waals surface area contributed by atoms with Gasteiger partial charge in [-0.05, 0) is 38.3 Å². The molecule has 0 aliphatic heterocycles. The Balaban J connectivity index is 2.19. The van der Waals surface area contributed by atoms with Crippen molar-refractivity contribution >= 4 is 5.91 Å². The van der Waals surface area contributed by atoms with Gasteiger partial charge in [0.25, 0.3) is 11.5 Å². The van der Waals surface area contributed by atoms with Crippen LogP contribution in [0, 0.1) is 19.8 Å². The lowest BCUT2D eigenvalue weighted by Gasteiger charge is -2.19. The Kier molecular flexibility index (Phi) is 4.04. The number of hydrogen-bond donors (Lipinski definition) is 3. The van der Waals surface area contributed by atoms with E-state index in [9.17, 15) is 14.7 Å². The van der Waals surface area contributed by atoms with Crippen molar-refractivity contribution in [2.45, 2.75) is 39.2 Å². The Morgan fingerprint density at radius 2 is 2.21 bits per heavy atom. The predicted octanol–water partition coefficient (Wildman–Crippen LogP) is 0.883. The Morgan fingerprint density at radius 1 is 1.47 bits per heavy atom. The molecule has 0 bridgehead atoms. The minimum Gasteiger partial charge on any atom is -0.396 e. The number of pyridine rings is 1. The van der Waals surface area contributed by atoms with E-state index in [1.807, 2.05) is 0 Å². The van der Waals surface area contributed by atoms with Crippen LogP contribution in [0.4, 0.5) is 0 Å². The zero-order chi connectivity index (χ0) is 14.0. The van der Waals surface area contributed by atoms with Crippen LogP contribution in [0.1, 0.15) is 40.9 Å². The summed E-state index contributed by atoms with van der Waals surface area (Å²) in [5.41, 5.74) is 1.24. The van der Waals surface area contributed by atoms with Crippen molar-refractivity contribution in [1.29, 1.82) is 0 Å². The van der Waals surface area contributed by atoms with Crippen molar-refractivity contribution in [2.75, 3.05) is 6.61 Å². The molecular weight excluding hydrogens is 244 g/mol. The highest BCUT2D eigenvalue weighted by Gasteiger charge is 2.29. The van der Waals surface area contributed by atoms with Crippen molar-refractivity contribution in [3.63, 3.8) is 0 Å². The molecule has 2 rings (SSSR count). The smallest absolute Gasteiger partial charge is 0.261 e. The number of rotatable bonds is 3. The molecule has 0 aromatic carbocycles. The number of amides is 1. The fourth-order valence-corrected chi connectivity index (χ4v) is 2.82. The zero-order valence-electron chi connectivity index (χ0n) is 11.3. The number of aromatic nitrogens is 1. The van der Waals surface area contributed by atoms with E-state index in [0.29, 0.717) is 5.56 Å². The maximum Gasteiger partial charge on any atom is 0.261 e. The SMILES string of the molecule is Cc1cc(C)c(C(=O)NC2CCCC2CO)c(=O)[nH]1. The van der Waals surface area contributed by atoms with Gasteiger partial charge < -0.3 is 15.4 Å². The van der Waals surface area contributed by atoms with E-state index in [0.717, 1.165) is 25.0 Å². The summed E-state index contributed by atoms with van der Waals surface area (Å²) in [6.45, 7) is 3.62. The first kappa shape index (κ1) is 13.8. The Hall–Kier alpha value is -1.62. The summed E-state index contributed by atoms with van der Waals surface area (Å²) in [4.78, 5) is 26.7. The monoisotopic (exact) mass is 264 g/mol. The van der Waals surface area contributed by atoms with Crippen LogP contribution in [0.3, 0.4) is 0 Å². The molecule has 5 nitrogen and oxygen atoms in total. The molecule has 0 radical (unpaired) electrons. The third-order valence-corrected chi connectivity index (χ3v) is 3.80. The van der Waals surface area contributed by atoms with E-state index in [1.165, 1.54) is 0 Å². The van der Waals surface area contributed by atoms with Crippen LogP contribution in [0.25, 0.3) is 0 Å². The van der Waals surface area contributed by atoms with Gasteiger partial charge in [-0.15, -0.1) is 0 Å². The fourth-order valence-electron chi connectivity index (χ4n) is 2.82. The van der Waals surface area contributed by atoms with Crippen LogP contribution in [-0.4, -0.2) is 28.6 Å². The minimum atomic E-state index is -0.353. The molecular formula is C14H20N2O3. The van der Waals surface area contributed by atoms with E-state index in [4.69, 9.17) is 0 Å². The number of aliphatic hydroxyl groups is 1. The molecule has 1 aromatic rings. The van der Waals surface area contributed by atoms with Crippen LogP contribution < -0.4 is 10.9 Å². The largest absolute Gasteiger partial charge is 0.396 e. The average molecular weight is 264 g/mol. The molecule has 1 fully saturated rings. The summed E-state index contributed by atoms with van der Waals surface area (Å²) in [5.74, 6) is -0.238.